The van der Waals surface area contributed by atoms with Crippen LogP contribution < -0.4 is 20.5 Å². The van der Waals surface area contributed by atoms with E-state index in [1.54, 1.807) is 18.2 Å². The van der Waals surface area contributed by atoms with Crippen molar-refractivity contribution in [1.29, 1.82) is 0 Å². The summed E-state index contributed by atoms with van der Waals surface area (Å²) in [6, 6.07) is 6.29. The monoisotopic (exact) mass is 312 g/mol. The number of nitrogens with one attached hydrogen (secondary N) is 3. The third-order valence-electron chi connectivity index (χ3n) is 3.32. The van der Waals surface area contributed by atoms with Crippen molar-refractivity contribution in [3.05, 3.63) is 24.3 Å². The molecule has 7 nitrogen and oxygen atoms in total. The van der Waals surface area contributed by atoms with Crippen LogP contribution in [0, 0.1) is 0 Å². The average molecular weight is 312 g/mol. The van der Waals surface area contributed by atoms with Crippen LogP contribution in [0.3, 0.4) is 0 Å². The summed E-state index contributed by atoms with van der Waals surface area (Å²) in [5.41, 5.74) is 0.796. The molecule has 0 aliphatic heterocycles. The molecular weight excluding hydrogens is 292 g/mol. The predicted octanol–water partition coefficient (Wildman–Crippen LogP) is 1.76. The number of nitrogens with two attached hydrogens (primary N) is 1. The van der Waals surface area contributed by atoms with Gasteiger partial charge in [0.1, 0.15) is 0 Å². The lowest BCUT2D eigenvalue weighted by Crippen LogP contribution is -2.39. The summed E-state index contributed by atoms with van der Waals surface area (Å²) < 4.78 is 24.1. The topological polar surface area (TPSA) is 113 Å². The molecule has 1 saturated carbocycles. The Bertz CT molecular complexity index is 597. The van der Waals surface area contributed by atoms with Crippen molar-refractivity contribution in [3.63, 3.8) is 0 Å². The van der Waals surface area contributed by atoms with Crippen molar-refractivity contribution in [3.8, 4) is 0 Å². The van der Waals surface area contributed by atoms with Gasteiger partial charge in [0.15, 0.2) is 0 Å². The second-order valence-electron chi connectivity index (χ2n) is 5.16. The second-order valence-corrected chi connectivity index (χ2v) is 6.46. The molecule has 0 radical (unpaired) electrons. The number of benzene rings is 1. The molecule has 0 atom stereocenters. The largest absolute Gasteiger partial charge is 0.335 e. The van der Waals surface area contributed by atoms with Gasteiger partial charge in [0.25, 0.3) is 10.2 Å². The molecule has 0 saturated heterocycles. The Balaban J connectivity index is 1.92. The number of hydrogen-bond acceptors (Lipinski definition) is 3. The Morgan fingerprint density at radius 1 is 1.14 bits per heavy atom. The molecule has 0 unspecified atom stereocenters. The summed E-state index contributed by atoms with van der Waals surface area (Å²) in [4.78, 5) is 11.9. The summed E-state index contributed by atoms with van der Waals surface area (Å²) in [6.07, 6.45) is 5.50. The van der Waals surface area contributed by atoms with E-state index in [1.807, 2.05) is 0 Å². The second kappa shape index (κ2) is 6.77. The summed E-state index contributed by atoms with van der Waals surface area (Å²) in [6.45, 7) is 0. The molecule has 0 spiro atoms. The quantitative estimate of drug-likeness (QED) is 0.679. The van der Waals surface area contributed by atoms with Crippen LogP contribution in [0.5, 0.6) is 0 Å². The summed E-state index contributed by atoms with van der Waals surface area (Å²) in [5, 5.41) is 10.5. The van der Waals surface area contributed by atoms with Crippen molar-refractivity contribution in [2.24, 2.45) is 5.14 Å². The van der Waals surface area contributed by atoms with E-state index in [1.165, 1.54) is 12.5 Å². The number of carbonyl (C=O) groups is 1. The smallest absolute Gasteiger partial charge is 0.319 e. The molecule has 1 aliphatic carbocycles. The molecule has 1 aromatic carbocycles. The van der Waals surface area contributed by atoms with Crippen LogP contribution in [0.2, 0.25) is 0 Å². The first kappa shape index (κ1) is 15.6. The number of amides is 2. The molecule has 21 heavy (non-hydrogen) atoms. The van der Waals surface area contributed by atoms with E-state index >= 15 is 0 Å². The minimum absolute atomic E-state index is 0.212. The standard InChI is InChI=1S/C13H20N4O3S/c14-21(19,20)17-12-8-4-7-11(9-12)16-13(18)15-10-5-2-1-3-6-10/h4,7-10,17H,1-3,5-6H2,(H2,14,19,20)(H2,15,16,18). The van der Waals surface area contributed by atoms with Crippen LogP contribution in [0.1, 0.15) is 32.1 Å². The van der Waals surface area contributed by atoms with Crippen molar-refractivity contribution in [1.82, 2.24) is 5.32 Å². The first-order chi connectivity index (χ1) is 9.92. The van der Waals surface area contributed by atoms with E-state index in [4.69, 9.17) is 5.14 Å². The van der Waals surface area contributed by atoms with Crippen LogP contribution in [-0.4, -0.2) is 20.5 Å². The zero-order valence-electron chi connectivity index (χ0n) is 11.6. The zero-order valence-corrected chi connectivity index (χ0v) is 12.4. The Hall–Kier alpha value is -1.80. The maximum atomic E-state index is 11.9. The fourth-order valence-electron chi connectivity index (χ4n) is 2.42. The minimum atomic E-state index is -3.82. The van der Waals surface area contributed by atoms with E-state index in [-0.39, 0.29) is 12.1 Å². The maximum Gasteiger partial charge on any atom is 0.319 e. The number of urea groups is 1. The van der Waals surface area contributed by atoms with Gasteiger partial charge in [-0.15, -0.1) is 0 Å². The van der Waals surface area contributed by atoms with Crippen LogP contribution in [-0.2, 0) is 10.2 Å². The van der Waals surface area contributed by atoms with Gasteiger partial charge in [-0.25, -0.2) is 9.93 Å². The van der Waals surface area contributed by atoms with Crippen molar-refractivity contribution >= 4 is 27.6 Å². The van der Waals surface area contributed by atoms with Gasteiger partial charge < -0.3 is 10.6 Å². The van der Waals surface area contributed by atoms with Crippen LogP contribution in [0.4, 0.5) is 16.2 Å². The van der Waals surface area contributed by atoms with Crippen LogP contribution >= 0.6 is 0 Å². The Morgan fingerprint density at radius 2 is 1.81 bits per heavy atom. The minimum Gasteiger partial charge on any atom is -0.335 e. The molecule has 0 heterocycles. The van der Waals surface area contributed by atoms with Gasteiger partial charge >= 0.3 is 6.03 Å². The molecule has 116 valence electrons. The van der Waals surface area contributed by atoms with E-state index in [0.717, 1.165) is 25.7 Å². The Labute approximate surface area is 124 Å². The lowest BCUT2D eigenvalue weighted by molar-refractivity contribution is 0.244. The molecule has 1 fully saturated rings. The third-order valence-corrected chi connectivity index (χ3v) is 3.84. The van der Waals surface area contributed by atoms with E-state index in [2.05, 4.69) is 15.4 Å². The van der Waals surface area contributed by atoms with Gasteiger partial charge in [0.05, 0.1) is 5.69 Å². The highest BCUT2D eigenvalue weighted by Crippen LogP contribution is 2.18. The van der Waals surface area contributed by atoms with Gasteiger partial charge in [0.2, 0.25) is 0 Å². The van der Waals surface area contributed by atoms with E-state index in [0.29, 0.717) is 11.4 Å². The van der Waals surface area contributed by atoms with Gasteiger partial charge in [-0.2, -0.15) is 8.42 Å². The highest BCUT2D eigenvalue weighted by Gasteiger charge is 2.15. The maximum absolute atomic E-state index is 11.9. The molecular formula is C13H20N4O3S. The summed E-state index contributed by atoms with van der Waals surface area (Å²) in [7, 11) is -3.82. The van der Waals surface area contributed by atoms with Crippen molar-refractivity contribution in [2.45, 2.75) is 38.1 Å². The summed E-state index contributed by atoms with van der Waals surface area (Å²) in [5.74, 6) is 0. The number of rotatable bonds is 4. The normalized spacial score (nSPS) is 16.2. The SMILES string of the molecule is NS(=O)(=O)Nc1cccc(NC(=O)NC2CCCCC2)c1. The first-order valence-corrected chi connectivity index (χ1v) is 8.45. The van der Waals surface area contributed by atoms with E-state index < -0.39 is 10.2 Å². The average Bonchev–Trinajstić information content (AvgIpc) is 2.38. The first-order valence-electron chi connectivity index (χ1n) is 6.90. The molecule has 2 rings (SSSR count). The van der Waals surface area contributed by atoms with Gasteiger partial charge in [-0.1, -0.05) is 25.3 Å². The van der Waals surface area contributed by atoms with Gasteiger partial charge in [-0.3, -0.25) is 4.72 Å². The van der Waals surface area contributed by atoms with Gasteiger partial charge in [0, 0.05) is 11.7 Å². The lowest BCUT2D eigenvalue weighted by Gasteiger charge is -2.22. The molecule has 1 aromatic rings. The molecule has 0 bridgehead atoms. The van der Waals surface area contributed by atoms with Crippen LogP contribution in [0.15, 0.2) is 24.3 Å². The molecule has 2 amide bonds. The zero-order chi connectivity index (χ0) is 15.3. The fraction of sp³-hybridized carbons (Fsp3) is 0.462. The highest BCUT2D eigenvalue weighted by molar-refractivity contribution is 7.90. The van der Waals surface area contributed by atoms with Gasteiger partial charge in [-0.05, 0) is 31.0 Å². The number of carbonyl (C=O) groups excluding carboxylic acids is 1. The number of hydrogen-bond donors (Lipinski definition) is 4. The Morgan fingerprint density at radius 3 is 2.48 bits per heavy atom. The highest BCUT2D eigenvalue weighted by atomic mass is 32.2. The van der Waals surface area contributed by atoms with E-state index in [9.17, 15) is 13.2 Å². The van der Waals surface area contributed by atoms with Crippen molar-refractivity contribution in [2.75, 3.05) is 10.0 Å². The molecule has 0 aromatic heterocycles. The third kappa shape index (κ3) is 5.60. The Kier molecular flexibility index (Phi) is 5.03. The predicted molar refractivity (Wildman–Crippen MR) is 82.2 cm³/mol. The molecule has 1 aliphatic rings. The van der Waals surface area contributed by atoms with Crippen molar-refractivity contribution < 1.29 is 13.2 Å². The molecule has 5 N–H and O–H groups in total. The lowest BCUT2D eigenvalue weighted by atomic mass is 9.96. The number of anilines is 2. The fourth-order valence-corrected chi connectivity index (χ4v) is 2.88. The van der Waals surface area contributed by atoms with Crippen LogP contribution in [0.25, 0.3) is 0 Å². The molecule has 8 heteroatoms. The summed E-state index contributed by atoms with van der Waals surface area (Å²) >= 11 is 0.